The summed E-state index contributed by atoms with van der Waals surface area (Å²) in [6.07, 6.45) is 0. The van der Waals surface area contributed by atoms with Crippen molar-refractivity contribution in [2.45, 2.75) is 11.6 Å². The summed E-state index contributed by atoms with van der Waals surface area (Å²) < 4.78 is 7.53. The van der Waals surface area contributed by atoms with Crippen molar-refractivity contribution in [1.29, 1.82) is 0 Å². The van der Waals surface area contributed by atoms with E-state index in [0.29, 0.717) is 28.7 Å². The second-order valence-electron chi connectivity index (χ2n) is 7.54. The Morgan fingerprint density at radius 3 is 2.38 bits per heavy atom. The molecule has 174 valence electrons. The number of carbonyl (C=O) groups excluding carboxylic acids is 1. The number of hydrogen-bond acceptors (Lipinski definition) is 7. The molecule has 2 heterocycles. The van der Waals surface area contributed by atoms with Gasteiger partial charge < -0.3 is 10.1 Å². The first-order valence-corrected chi connectivity index (χ1v) is 11.4. The van der Waals surface area contributed by atoms with E-state index in [4.69, 9.17) is 4.74 Å². The number of carbonyl (C=O) groups is 1. The van der Waals surface area contributed by atoms with Crippen molar-refractivity contribution >= 4 is 28.7 Å². The molecule has 1 amide bonds. The minimum absolute atomic E-state index is 0.0486. The molecule has 0 radical (unpaired) electrons. The predicted octanol–water partition coefficient (Wildman–Crippen LogP) is 2.11. The highest BCUT2D eigenvalue weighted by Crippen LogP contribution is 2.27. The number of nitrogens with one attached hydrogen (secondary N) is 1. The SMILES string of the molecule is COc1ccc(-c2nc(SCC(=O)NCc3ccccc3)c3c(=O)n(C)c(=O)n(C)c3n2)cc1. The van der Waals surface area contributed by atoms with Crippen LogP contribution in [0.5, 0.6) is 5.75 Å². The van der Waals surface area contributed by atoms with Gasteiger partial charge in [-0.25, -0.2) is 14.8 Å². The van der Waals surface area contributed by atoms with Crippen LogP contribution in [-0.4, -0.2) is 37.9 Å². The van der Waals surface area contributed by atoms with Crippen molar-refractivity contribution in [3.63, 3.8) is 0 Å². The van der Waals surface area contributed by atoms with E-state index in [9.17, 15) is 14.4 Å². The zero-order chi connectivity index (χ0) is 24.2. The van der Waals surface area contributed by atoms with Crippen molar-refractivity contribution in [3.8, 4) is 17.1 Å². The van der Waals surface area contributed by atoms with Gasteiger partial charge in [0.25, 0.3) is 5.56 Å². The lowest BCUT2D eigenvalue weighted by molar-refractivity contribution is -0.118. The fraction of sp³-hybridized carbons (Fsp3) is 0.208. The van der Waals surface area contributed by atoms with Crippen molar-refractivity contribution in [1.82, 2.24) is 24.4 Å². The van der Waals surface area contributed by atoms with Crippen LogP contribution in [0.25, 0.3) is 22.4 Å². The first-order valence-electron chi connectivity index (χ1n) is 10.4. The van der Waals surface area contributed by atoms with Gasteiger partial charge in [0.15, 0.2) is 11.5 Å². The number of rotatable bonds is 7. The van der Waals surface area contributed by atoms with Crippen LogP contribution in [0.15, 0.2) is 69.2 Å². The molecule has 2 aromatic heterocycles. The van der Waals surface area contributed by atoms with Crippen molar-refractivity contribution in [2.75, 3.05) is 12.9 Å². The molecule has 0 aliphatic heterocycles. The maximum absolute atomic E-state index is 12.9. The van der Waals surface area contributed by atoms with Crippen LogP contribution in [0, 0.1) is 0 Å². The van der Waals surface area contributed by atoms with Crippen LogP contribution < -0.4 is 21.3 Å². The predicted molar refractivity (Wildman–Crippen MR) is 131 cm³/mol. The number of thioether (sulfide) groups is 1. The Morgan fingerprint density at radius 1 is 1.00 bits per heavy atom. The van der Waals surface area contributed by atoms with Crippen molar-refractivity contribution in [3.05, 3.63) is 81.0 Å². The number of methoxy groups -OCH3 is 1. The number of nitrogens with zero attached hydrogens (tertiary/aromatic N) is 4. The van der Waals surface area contributed by atoms with Crippen LogP contribution >= 0.6 is 11.8 Å². The summed E-state index contributed by atoms with van der Waals surface area (Å²) in [6, 6.07) is 16.7. The van der Waals surface area contributed by atoms with Crippen LogP contribution in [0.4, 0.5) is 0 Å². The molecule has 0 fully saturated rings. The standard InChI is InChI=1S/C24H23N5O4S/c1-28-21-19(23(31)29(2)24(28)32)22(27-20(26-21)16-9-11-17(33-3)12-10-16)34-14-18(30)25-13-15-7-5-4-6-8-15/h4-12H,13-14H2,1-3H3,(H,25,30). The lowest BCUT2D eigenvalue weighted by Crippen LogP contribution is -2.37. The van der Waals surface area contributed by atoms with Crippen LogP contribution in [-0.2, 0) is 25.4 Å². The van der Waals surface area contributed by atoms with Crippen molar-refractivity contribution in [2.24, 2.45) is 14.1 Å². The molecule has 0 saturated carbocycles. The molecule has 4 rings (SSSR count). The number of amides is 1. The third-order valence-electron chi connectivity index (χ3n) is 5.29. The van der Waals surface area contributed by atoms with E-state index in [0.717, 1.165) is 21.9 Å². The molecule has 34 heavy (non-hydrogen) atoms. The van der Waals surface area contributed by atoms with Gasteiger partial charge in [0.2, 0.25) is 5.91 Å². The zero-order valence-electron chi connectivity index (χ0n) is 18.9. The first kappa shape index (κ1) is 23.2. The Labute approximate surface area is 199 Å². The molecular formula is C24H23N5O4S. The fourth-order valence-corrected chi connectivity index (χ4v) is 4.23. The minimum Gasteiger partial charge on any atom is -0.497 e. The lowest BCUT2D eigenvalue weighted by Gasteiger charge is -2.12. The Balaban J connectivity index is 1.70. The second kappa shape index (κ2) is 9.92. The number of benzene rings is 2. The molecule has 0 atom stereocenters. The minimum atomic E-state index is -0.508. The van der Waals surface area contributed by atoms with Gasteiger partial charge in [0.05, 0.1) is 12.9 Å². The van der Waals surface area contributed by atoms with Crippen LogP contribution in [0.2, 0.25) is 0 Å². The van der Waals surface area contributed by atoms with E-state index in [1.165, 1.54) is 11.6 Å². The summed E-state index contributed by atoms with van der Waals surface area (Å²) in [5.74, 6) is 0.863. The molecule has 2 aromatic carbocycles. The topological polar surface area (TPSA) is 108 Å². The summed E-state index contributed by atoms with van der Waals surface area (Å²) in [5.41, 5.74) is 0.881. The summed E-state index contributed by atoms with van der Waals surface area (Å²) in [5, 5.41) is 3.40. The number of aromatic nitrogens is 4. The van der Waals surface area contributed by atoms with E-state index in [1.54, 1.807) is 38.4 Å². The molecule has 0 aliphatic rings. The van der Waals surface area contributed by atoms with Gasteiger partial charge in [0.1, 0.15) is 16.2 Å². The molecule has 1 N–H and O–H groups in total. The molecule has 0 saturated heterocycles. The monoisotopic (exact) mass is 477 g/mol. The maximum Gasteiger partial charge on any atom is 0.332 e. The van der Waals surface area contributed by atoms with Gasteiger partial charge >= 0.3 is 5.69 Å². The molecule has 10 heteroatoms. The summed E-state index contributed by atoms with van der Waals surface area (Å²) in [7, 11) is 4.53. The average molecular weight is 478 g/mol. The highest BCUT2D eigenvalue weighted by molar-refractivity contribution is 8.00. The van der Waals surface area contributed by atoms with Gasteiger partial charge in [0, 0.05) is 26.2 Å². The summed E-state index contributed by atoms with van der Waals surface area (Å²) >= 11 is 1.13. The molecule has 4 aromatic rings. The third-order valence-corrected chi connectivity index (χ3v) is 6.26. The van der Waals surface area contributed by atoms with Gasteiger partial charge in [-0.15, -0.1) is 0 Å². The smallest absolute Gasteiger partial charge is 0.332 e. The van der Waals surface area contributed by atoms with Crippen LogP contribution in [0.1, 0.15) is 5.56 Å². The Morgan fingerprint density at radius 2 is 1.71 bits per heavy atom. The van der Waals surface area contributed by atoms with E-state index < -0.39 is 11.2 Å². The van der Waals surface area contributed by atoms with Gasteiger partial charge in [-0.1, -0.05) is 42.1 Å². The van der Waals surface area contributed by atoms with Crippen molar-refractivity contribution < 1.29 is 9.53 Å². The fourth-order valence-electron chi connectivity index (χ4n) is 3.38. The second-order valence-corrected chi connectivity index (χ2v) is 8.50. The normalized spacial score (nSPS) is 10.9. The number of fused-ring (bicyclic) bond motifs is 1. The number of aryl methyl sites for hydroxylation is 1. The average Bonchev–Trinajstić information content (AvgIpc) is 2.88. The Kier molecular flexibility index (Phi) is 6.78. The van der Waals surface area contributed by atoms with Gasteiger partial charge in [-0.05, 0) is 29.8 Å². The van der Waals surface area contributed by atoms with Crippen LogP contribution in [0.3, 0.4) is 0 Å². The summed E-state index contributed by atoms with van der Waals surface area (Å²) in [4.78, 5) is 47.1. The zero-order valence-corrected chi connectivity index (χ0v) is 19.8. The number of hydrogen-bond donors (Lipinski definition) is 1. The quantitative estimate of drug-likeness (QED) is 0.321. The van der Waals surface area contributed by atoms with Gasteiger partial charge in [-0.2, -0.15) is 0 Å². The highest BCUT2D eigenvalue weighted by Gasteiger charge is 2.19. The Hall–Kier alpha value is -3.92. The molecular weight excluding hydrogens is 454 g/mol. The Bertz CT molecular complexity index is 1460. The van der Waals surface area contributed by atoms with E-state index in [1.807, 2.05) is 30.3 Å². The van der Waals surface area contributed by atoms with Gasteiger partial charge in [-0.3, -0.25) is 18.7 Å². The third kappa shape index (κ3) is 4.72. The first-order chi connectivity index (χ1) is 16.4. The van der Waals surface area contributed by atoms with E-state index in [-0.39, 0.29) is 22.7 Å². The molecule has 0 bridgehead atoms. The summed E-state index contributed by atoms with van der Waals surface area (Å²) in [6.45, 7) is 0.401. The number of ether oxygens (including phenoxy) is 1. The maximum atomic E-state index is 12.9. The lowest BCUT2D eigenvalue weighted by atomic mass is 10.2. The molecule has 0 unspecified atom stereocenters. The largest absolute Gasteiger partial charge is 0.497 e. The molecule has 0 spiro atoms. The highest BCUT2D eigenvalue weighted by atomic mass is 32.2. The molecule has 9 nitrogen and oxygen atoms in total. The molecule has 0 aliphatic carbocycles. The van der Waals surface area contributed by atoms with E-state index >= 15 is 0 Å². The van der Waals surface area contributed by atoms with E-state index in [2.05, 4.69) is 15.3 Å².